The van der Waals surface area contributed by atoms with Crippen molar-refractivity contribution in [3.05, 3.63) is 29.8 Å². The van der Waals surface area contributed by atoms with Gasteiger partial charge in [-0.05, 0) is 123 Å². The second-order valence-corrected chi connectivity index (χ2v) is 12.2. The largest absolute Gasteiger partial charge is 0.497 e. The maximum Gasteiger partial charge on any atom is 0.133 e. The standard InChI is InChI=1S/C30H40O3/c1-20(31)25-11-12-26-24-10-7-22-19-30(32,16-13-21-5-8-23(33-4)9-6-21)18-17-28(22,2)27(24)14-15-29(25,26)3/h5-6,8-9,22,24-27,32H,7,10-12,14-15,17-19H2,1-4H3/t22-,24?,25-,26?,27?,28+,29-,30-/m1/s1. The van der Waals surface area contributed by atoms with Crippen LogP contribution in [0.3, 0.4) is 0 Å². The number of carbonyl (C=O) groups excluding carboxylic acids is 1. The Kier molecular flexibility index (Phi) is 5.68. The van der Waals surface area contributed by atoms with Gasteiger partial charge in [0.05, 0.1) is 7.11 Å². The summed E-state index contributed by atoms with van der Waals surface area (Å²) in [4.78, 5) is 12.4. The number of rotatable bonds is 2. The van der Waals surface area contributed by atoms with Crippen LogP contribution in [0.2, 0.25) is 0 Å². The Morgan fingerprint density at radius 3 is 2.39 bits per heavy atom. The number of benzene rings is 1. The van der Waals surface area contributed by atoms with Crippen LogP contribution in [-0.2, 0) is 4.79 Å². The lowest BCUT2D eigenvalue weighted by Gasteiger charge is -2.61. The number of methoxy groups -OCH3 is 1. The molecule has 0 aromatic heterocycles. The summed E-state index contributed by atoms with van der Waals surface area (Å²) in [5.41, 5.74) is 0.559. The lowest BCUT2D eigenvalue weighted by molar-refractivity contribution is -0.144. The first-order valence-electron chi connectivity index (χ1n) is 13.1. The van der Waals surface area contributed by atoms with Crippen molar-refractivity contribution < 1.29 is 14.6 Å². The molecule has 0 amide bonds. The zero-order valence-electron chi connectivity index (χ0n) is 20.8. The summed E-state index contributed by atoms with van der Waals surface area (Å²) in [5, 5.41) is 11.4. The van der Waals surface area contributed by atoms with E-state index in [9.17, 15) is 9.90 Å². The molecule has 0 saturated heterocycles. The molecular formula is C30H40O3. The molecule has 4 saturated carbocycles. The van der Waals surface area contributed by atoms with E-state index in [1.54, 1.807) is 7.11 Å². The van der Waals surface area contributed by atoms with Crippen LogP contribution < -0.4 is 4.74 Å². The van der Waals surface area contributed by atoms with Crippen LogP contribution in [0, 0.1) is 52.3 Å². The van der Waals surface area contributed by atoms with Gasteiger partial charge in [-0.2, -0.15) is 0 Å². The Bertz CT molecular complexity index is 970. The van der Waals surface area contributed by atoms with Crippen molar-refractivity contribution in [1.82, 2.24) is 0 Å². The van der Waals surface area contributed by atoms with Crippen LogP contribution in [0.15, 0.2) is 24.3 Å². The van der Waals surface area contributed by atoms with E-state index < -0.39 is 5.60 Å². The number of fused-ring (bicyclic) bond motifs is 5. The molecule has 33 heavy (non-hydrogen) atoms. The first-order chi connectivity index (χ1) is 15.7. The third-order valence-corrected chi connectivity index (χ3v) is 10.7. The third kappa shape index (κ3) is 3.74. The minimum atomic E-state index is -0.882. The average Bonchev–Trinajstić information content (AvgIpc) is 3.16. The molecular weight excluding hydrogens is 408 g/mol. The molecule has 5 rings (SSSR count). The zero-order valence-corrected chi connectivity index (χ0v) is 20.8. The highest BCUT2D eigenvalue weighted by molar-refractivity contribution is 5.79. The summed E-state index contributed by atoms with van der Waals surface area (Å²) in [7, 11) is 1.67. The summed E-state index contributed by atoms with van der Waals surface area (Å²) in [5.74, 6) is 10.7. The SMILES string of the molecule is COc1ccc(C#C[C@@]2(O)CC[C@]3(C)C4CC[C@@]5(C)C(CC[C@@H]5C(C)=O)C4CC[C@@H]3C2)cc1. The molecule has 1 aromatic carbocycles. The normalized spacial score (nSPS) is 44.0. The maximum atomic E-state index is 12.4. The molecule has 0 aliphatic heterocycles. The van der Waals surface area contributed by atoms with Gasteiger partial charge in [0.25, 0.3) is 0 Å². The number of carbonyl (C=O) groups is 1. The number of ketones is 1. The van der Waals surface area contributed by atoms with Crippen molar-refractivity contribution in [1.29, 1.82) is 0 Å². The molecule has 0 radical (unpaired) electrons. The summed E-state index contributed by atoms with van der Waals surface area (Å²) in [6.45, 7) is 6.76. The van der Waals surface area contributed by atoms with Crippen LogP contribution in [0.25, 0.3) is 0 Å². The van der Waals surface area contributed by atoms with Crippen molar-refractivity contribution in [2.75, 3.05) is 7.11 Å². The fourth-order valence-electron chi connectivity index (χ4n) is 8.89. The summed E-state index contributed by atoms with van der Waals surface area (Å²) in [6, 6.07) is 7.76. The number of hydrogen-bond acceptors (Lipinski definition) is 3. The second-order valence-electron chi connectivity index (χ2n) is 12.2. The highest BCUT2D eigenvalue weighted by Crippen LogP contribution is 2.68. The molecule has 1 N–H and O–H groups in total. The maximum absolute atomic E-state index is 12.4. The summed E-state index contributed by atoms with van der Waals surface area (Å²) >= 11 is 0. The van der Waals surface area contributed by atoms with Gasteiger partial charge in [0, 0.05) is 11.5 Å². The van der Waals surface area contributed by atoms with Crippen LogP contribution in [0.5, 0.6) is 5.75 Å². The topological polar surface area (TPSA) is 46.5 Å². The highest BCUT2D eigenvalue weighted by Gasteiger charge is 2.61. The van der Waals surface area contributed by atoms with E-state index in [2.05, 4.69) is 25.7 Å². The minimum absolute atomic E-state index is 0.218. The Morgan fingerprint density at radius 1 is 0.970 bits per heavy atom. The van der Waals surface area contributed by atoms with Crippen molar-refractivity contribution in [3.63, 3.8) is 0 Å². The lowest BCUT2D eigenvalue weighted by Crippen LogP contribution is -2.56. The van der Waals surface area contributed by atoms with E-state index in [0.29, 0.717) is 23.0 Å². The fourth-order valence-corrected chi connectivity index (χ4v) is 8.89. The molecule has 3 unspecified atom stereocenters. The first-order valence-corrected chi connectivity index (χ1v) is 13.1. The molecule has 4 fully saturated rings. The van der Waals surface area contributed by atoms with E-state index in [0.717, 1.165) is 48.8 Å². The van der Waals surface area contributed by atoms with Gasteiger partial charge in [-0.3, -0.25) is 4.79 Å². The predicted octanol–water partition coefficient (Wildman–Crippen LogP) is 6.03. The lowest BCUT2D eigenvalue weighted by atomic mass is 9.44. The van der Waals surface area contributed by atoms with Gasteiger partial charge >= 0.3 is 0 Å². The molecule has 3 nitrogen and oxygen atoms in total. The minimum Gasteiger partial charge on any atom is -0.497 e. The molecule has 178 valence electrons. The van der Waals surface area contributed by atoms with Gasteiger partial charge in [-0.1, -0.05) is 25.7 Å². The van der Waals surface area contributed by atoms with Crippen molar-refractivity contribution in [3.8, 4) is 17.6 Å². The van der Waals surface area contributed by atoms with E-state index in [1.807, 2.05) is 31.2 Å². The molecule has 4 aliphatic carbocycles. The fraction of sp³-hybridized carbons (Fsp3) is 0.700. The molecule has 0 heterocycles. The zero-order chi connectivity index (χ0) is 23.4. The van der Waals surface area contributed by atoms with E-state index in [-0.39, 0.29) is 11.3 Å². The Labute approximate surface area is 199 Å². The van der Waals surface area contributed by atoms with Crippen LogP contribution in [-0.4, -0.2) is 23.6 Å². The Hall–Kier alpha value is -1.79. The van der Waals surface area contributed by atoms with E-state index in [1.165, 1.54) is 32.1 Å². The number of ether oxygens (including phenoxy) is 1. The average molecular weight is 449 g/mol. The smallest absolute Gasteiger partial charge is 0.133 e. The monoisotopic (exact) mass is 448 g/mol. The molecule has 1 aromatic rings. The Morgan fingerprint density at radius 2 is 1.70 bits per heavy atom. The molecule has 3 heteroatoms. The van der Waals surface area contributed by atoms with Gasteiger partial charge in [-0.15, -0.1) is 0 Å². The molecule has 8 atom stereocenters. The van der Waals surface area contributed by atoms with Crippen molar-refractivity contribution >= 4 is 5.78 Å². The van der Waals surface area contributed by atoms with E-state index >= 15 is 0 Å². The van der Waals surface area contributed by atoms with Gasteiger partial charge in [-0.25, -0.2) is 0 Å². The van der Waals surface area contributed by atoms with Crippen molar-refractivity contribution in [2.24, 2.45) is 40.4 Å². The number of hydrogen-bond donors (Lipinski definition) is 1. The molecule has 0 spiro atoms. The van der Waals surface area contributed by atoms with Gasteiger partial charge in [0.1, 0.15) is 17.1 Å². The first kappa shape index (κ1) is 23.0. The van der Waals surface area contributed by atoms with Crippen LogP contribution in [0.1, 0.15) is 84.1 Å². The van der Waals surface area contributed by atoms with Crippen LogP contribution >= 0.6 is 0 Å². The molecule has 4 aliphatic rings. The Balaban J connectivity index is 1.32. The summed E-state index contributed by atoms with van der Waals surface area (Å²) in [6.07, 6.45) is 9.88. The van der Waals surface area contributed by atoms with Crippen molar-refractivity contribution in [2.45, 2.75) is 84.2 Å². The van der Waals surface area contributed by atoms with E-state index in [4.69, 9.17) is 4.74 Å². The second kappa shape index (κ2) is 8.16. The number of aliphatic hydroxyl groups is 1. The third-order valence-electron chi connectivity index (χ3n) is 10.7. The van der Waals surface area contributed by atoms with Crippen LogP contribution in [0.4, 0.5) is 0 Å². The summed E-state index contributed by atoms with van der Waals surface area (Å²) < 4.78 is 5.23. The highest BCUT2D eigenvalue weighted by atomic mass is 16.5. The number of Topliss-reactive ketones (excluding diaryl/α,β-unsaturated/α-hetero) is 1. The quantitative estimate of drug-likeness (QED) is 0.562. The van der Waals surface area contributed by atoms with Gasteiger partial charge in [0.15, 0.2) is 0 Å². The predicted molar refractivity (Wildman–Crippen MR) is 131 cm³/mol. The van der Waals surface area contributed by atoms with Gasteiger partial charge in [0.2, 0.25) is 0 Å². The molecule has 0 bridgehead atoms. The van der Waals surface area contributed by atoms with Gasteiger partial charge < -0.3 is 9.84 Å².